The Hall–Kier alpha value is -1.05. The molecule has 2 N–H and O–H groups in total. The lowest BCUT2D eigenvalue weighted by molar-refractivity contribution is -0.142. The van der Waals surface area contributed by atoms with Crippen molar-refractivity contribution >= 4 is 5.97 Å². The number of rotatable bonds is 7. The van der Waals surface area contributed by atoms with Crippen molar-refractivity contribution in [3.05, 3.63) is 0 Å². The van der Waals surface area contributed by atoms with Crippen LogP contribution in [0, 0.1) is 18.3 Å². The molecule has 0 aromatic rings. The monoisotopic (exact) mass is 213 g/mol. The highest BCUT2D eigenvalue weighted by Crippen LogP contribution is 2.07. The molecule has 0 fully saturated rings. The molecule has 0 aliphatic heterocycles. The summed E-state index contributed by atoms with van der Waals surface area (Å²) in [5.41, 5.74) is 0. The van der Waals surface area contributed by atoms with Gasteiger partial charge in [-0.2, -0.15) is 0 Å². The van der Waals surface area contributed by atoms with Gasteiger partial charge in [0.05, 0.1) is 19.1 Å². The van der Waals surface area contributed by atoms with E-state index in [4.69, 9.17) is 16.6 Å². The molecule has 2 unspecified atom stereocenters. The van der Waals surface area contributed by atoms with Crippen LogP contribution < -0.4 is 0 Å². The number of carbonyl (C=O) groups is 1. The lowest BCUT2D eigenvalue weighted by Gasteiger charge is -2.29. The molecular formula is C11H19NO3. The molecule has 0 amide bonds. The molecule has 0 rings (SSSR count). The second-order valence-electron chi connectivity index (χ2n) is 3.62. The van der Waals surface area contributed by atoms with Gasteiger partial charge in [0.25, 0.3) is 0 Å². The smallest absolute Gasteiger partial charge is 0.307 e. The summed E-state index contributed by atoms with van der Waals surface area (Å²) in [6.45, 7) is 4.32. The average Bonchev–Trinajstić information content (AvgIpc) is 2.19. The maximum Gasteiger partial charge on any atom is 0.307 e. The highest BCUT2D eigenvalue weighted by Gasteiger charge is 2.20. The summed E-state index contributed by atoms with van der Waals surface area (Å²) in [6.07, 6.45) is 5.96. The number of aliphatic carboxylic acids is 1. The van der Waals surface area contributed by atoms with Gasteiger partial charge in [0.2, 0.25) is 0 Å². The highest BCUT2D eigenvalue weighted by atomic mass is 16.4. The maximum atomic E-state index is 10.7. The predicted molar refractivity (Wildman–Crippen MR) is 58.4 cm³/mol. The summed E-state index contributed by atoms with van der Waals surface area (Å²) in [4.78, 5) is 12.5. The zero-order chi connectivity index (χ0) is 11.8. The van der Waals surface area contributed by atoms with E-state index in [0.717, 1.165) is 6.42 Å². The van der Waals surface area contributed by atoms with Crippen LogP contribution in [0.3, 0.4) is 0 Å². The van der Waals surface area contributed by atoms with E-state index in [9.17, 15) is 4.79 Å². The molecule has 15 heavy (non-hydrogen) atoms. The van der Waals surface area contributed by atoms with Gasteiger partial charge < -0.3 is 10.2 Å². The van der Waals surface area contributed by atoms with Gasteiger partial charge in [-0.05, 0) is 6.42 Å². The summed E-state index contributed by atoms with van der Waals surface area (Å²) in [5.74, 6) is 1.17. The molecule has 0 aliphatic carbocycles. The number of hydrogen-bond acceptors (Lipinski definition) is 3. The Bertz CT molecular complexity index is 230. The summed E-state index contributed by atoms with van der Waals surface area (Å²) in [5, 5.41) is 17.9. The van der Waals surface area contributed by atoms with E-state index in [1.807, 2.05) is 11.8 Å². The van der Waals surface area contributed by atoms with Gasteiger partial charge >= 0.3 is 5.97 Å². The van der Waals surface area contributed by atoms with E-state index < -0.39 is 11.9 Å². The van der Waals surface area contributed by atoms with Crippen molar-refractivity contribution in [1.29, 1.82) is 0 Å². The third-order valence-corrected chi connectivity index (χ3v) is 2.42. The third kappa shape index (κ3) is 4.82. The first-order chi connectivity index (χ1) is 7.06. The standard InChI is InChI=1S/C11H19NO3/c1-4-6-12(10(5-2)8-13)7-9(3)11(14)15/h1,9-10,13H,5-8H2,2-3H3,(H,14,15). The Kier molecular flexibility index (Phi) is 6.76. The summed E-state index contributed by atoms with van der Waals surface area (Å²) >= 11 is 0. The second kappa shape index (κ2) is 7.27. The van der Waals surface area contributed by atoms with Crippen molar-refractivity contribution in [2.75, 3.05) is 19.7 Å². The molecule has 86 valence electrons. The maximum absolute atomic E-state index is 10.7. The minimum Gasteiger partial charge on any atom is -0.481 e. The van der Waals surface area contributed by atoms with E-state index in [1.165, 1.54) is 0 Å². The van der Waals surface area contributed by atoms with Crippen LogP contribution in [0.4, 0.5) is 0 Å². The average molecular weight is 213 g/mol. The van der Waals surface area contributed by atoms with Crippen molar-refractivity contribution in [1.82, 2.24) is 4.90 Å². The fraction of sp³-hybridized carbons (Fsp3) is 0.727. The van der Waals surface area contributed by atoms with Crippen LogP contribution in [0.1, 0.15) is 20.3 Å². The molecule has 0 heterocycles. The van der Waals surface area contributed by atoms with Crippen LogP contribution in [-0.4, -0.2) is 46.8 Å². The van der Waals surface area contributed by atoms with Crippen LogP contribution in [0.25, 0.3) is 0 Å². The lowest BCUT2D eigenvalue weighted by atomic mass is 10.1. The predicted octanol–water partition coefficient (Wildman–Crippen LogP) is 0.413. The van der Waals surface area contributed by atoms with Crippen LogP contribution in [0.2, 0.25) is 0 Å². The van der Waals surface area contributed by atoms with Gasteiger partial charge in [0.1, 0.15) is 0 Å². The van der Waals surface area contributed by atoms with Crippen molar-refractivity contribution < 1.29 is 15.0 Å². The second-order valence-corrected chi connectivity index (χ2v) is 3.62. The van der Waals surface area contributed by atoms with Crippen LogP contribution >= 0.6 is 0 Å². The molecule has 0 aromatic carbocycles. The zero-order valence-corrected chi connectivity index (χ0v) is 9.31. The normalized spacial score (nSPS) is 14.6. The summed E-state index contributed by atoms with van der Waals surface area (Å²) < 4.78 is 0. The number of aliphatic hydroxyl groups is 1. The van der Waals surface area contributed by atoms with Crippen molar-refractivity contribution in [2.45, 2.75) is 26.3 Å². The highest BCUT2D eigenvalue weighted by molar-refractivity contribution is 5.69. The number of aliphatic hydroxyl groups excluding tert-OH is 1. The molecule has 2 atom stereocenters. The Morgan fingerprint density at radius 2 is 2.20 bits per heavy atom. The van der Waals surface area contributed by atoms with E-state index in [-0.39, 0.29) is 12.6 Å². The molecular weight excluding hydrogens is 194 g/mol. The van der Waals surface area contributed by atoms with Crippen LogP contribution in [-0.2, 0) is 4.79 Å². The Labute approximate surface area is 90.9 Å². The van der Waals surface area contributed by atoms with Gasteiger partial charge in [-0.15, -0.1) is 6.42 Å². The molecule has 0 saturated carbocycles. The molecule has 4 nitrogen and oxygen atoms in total. The van der Waals surface area contributed by atoms with Crippen LogP contribution in [0.15, 0.2) is 0 Å². The first-order valence-electron chi connectivity index (χ1n) is 5.07. The Balaban J connectivity index is 4.39. The SMILES string of the molecule is C#CCN(CC(C)C(=O)O)C(CC)CO. The molecule has 0 saturated heterocycles. The Morgan fingerprint density at radius 3 is 2.53 bits per heavy atom. The fourth-order valence-electron chi connectivity index (χ4n) is 1.39. The van der Waals surface area contributed by atoms with E-state index in [2.05, 4.69) is 5.92 Å². The molecule has 0 aliphatic rings. The van der Waals surface area contributed by atoms with E-state index >= 15 is 0 Å². The van der Waals surface area contributed by atoms with Gasteiger partial charge in [0.15, 0.2) is 0 Å². The largest absolute Gasteiger partial charge is 0.481 e. The molecule has 0 spiro atoms. The summed E-state index contributed by atoms with van der Waals surface area (Å²) in [6, 6.07) is -0.0529. The molecule has 4 heteroatoms. The van der Waals surface area contributed by atoms with Gasteiger partial charge in [0, 0.05) is 12.6 Å². The molecule has 0 aromatic heterocycles. The van der Waals surface area contributed by atoms with Gasteiger partial charge in [-0.3, -0.25) is 9.69 Å². The number of hydrogen-bond donors (Lipinski definition) is 2. The van der Waals surface area contributed by atoms with Crippen molar-refractivity contribution in [3.63, 3.8) is 0 Å². The molecule has 0 bridgehead atoms. The number of carboxylic acid groups (broad SMARTS) is 1. The minimum atomic E-state index is -0.843. The van der Waals surface area contributed by atoms with Crippen LogP contribution in [0.5, 0.6) is 0 Å². The number of carboxylic acids is 1. The topological polar surface area (TPSA) is 60.8 Å². The first-order valence-corrected chi connectivity index (χ1v) is 5.07. The van der Waals surface area contributed by atoms with Crippen molar-refractivity contribution in [2.24, 2.45) is 5.92 Å². The summed E-state index contributed by atoms with van der Waals surface area (Å²) in [7, 11) is 0. The number of nitrogens with zero attached hydrogens (tertiary/aromatic N) is 1. The fourth-order valence-corrected chi connectivity index (χ4v) is 1.39. The lowest BCUT2D eigenvalue weighted by Crippen LogP contribution is -2.41. The third-order valence-electron chi connectivity index (χ3n) is 2.42. The van der Waals surface area contributed by atoms with E-state index in [1.54, 1.807) is 6.92 Å². The Morgan fingerprint density at radius 1 is 1.60 bits per heavy atom. The molecule has 0 radical (unpaired) electrons. The van der Waals surface area contributed by atoms with Gasteiger partial charge in [-0.25, -0.2) is 0 Å². The van der Waals surface area contributed by atoms with Crippen molar-refractivity contribution in [3.8, 4) is 12.3 Å². The van der Waals surface area contributed by atoms with E-state index in [0.29, 0.717) is 13.1 Å². The minimum absolute atomic E-state index is 0.00448. The number of terminal acetylenes is 1. The zero-order valence-electron chi connectivity index (χ0n) is 9.31. The quantitative estimate of drug-likeness (QED) is 0.601. The first kappa shape index (κ1) is 13.9. The van der Waals surface area contributed by atoms with Gasteiger partial charge in [-0.1, -0.05) is 19.8 Å².